The number of benzene rings is 3. The molecule has 3 aromatic carbocycles. The van der Waals surface area contributed by atoms with Crippen LogP contribution in [-0.4, -0.2) is 29.8 Å². The second-order valence-corrected chi connectivity index (χ2v) is 9.03. The number of hydrogen-bond donors (Lipinski definition) is 0. The number of carbonyl (C=O) groups is 1. The van der Waals surface area contributed by atoms with E-state index in [0.29, 0.717) is 23.1 Å². The quantitative estimate of drug-likeness (QED) is 0.217. The smallest absolute Gasteiger partial charge is 0.280 e. The van der Waals surface area contributed by atoms with Gasteiger partial charge in [0.2, 0.25) is 5.13 Å². The maximum atomic E-state index is 13.5. The van der Waals surface area contributed by atoms with E-state index in [1.165, 1.54) is 16.3 Å². The average Bonchev–Trinajstić information content (AvgIpc) is 3.23. The van der Waals surface area contributed by atoms with Crippen LogP contribution >= 0.6 is 11.3 Å². The van der Waals surface area contributed by atoms with Gasteiger partial charge < -0.3 is 9.47 Å². The molecule has 0 atom stereocenters. The van der Waals surface area contributed by atoms with Gasteiger partial charge in [-0.3, -0.25) is 4.79 Å². The Balaban J connectivity index is 1.67. The van der Waals surface area contributed by atoms with Crippen LogP contribution in [0.25, 0.3) is 10.2 Å². The standard InChI is InChI=1S/C27H27N3O3S/c1-5-32-22-11-7-20(8-12-22)17-28-30(27-29-24-15-6-19(4)16-25(24)34-27)26(31)21-9-13-23(14-10-21)33-18(2)3/h6-18H,5H2,1-4H3/b28-17+. The summed E-state index contributed by atoms with van der Waals surface area (Å²) in [6.07, 6.45) is 1.71. The van der Waals surface area contributed by atoms with Gasteiger partial charge in [0.1, 0.15) is 11.5 Å². The number of rotatable bonds is 8. The summed E-state index contributed by atoms with van der Waals surface area (Å²) in [5.74, 6) is 1.23. The summed E-state index contributed by atoms with van der Waals surface area (Å²) in [5.41, 5.74) is 3.31. The largest absolute Gasteiger partial charge is 0.494 e. The Labute approximate surface area is 203 Å². The minimum atomic E-state index is -0.269. The van der Waals surface area contributed by atoms with Crippen molar-refractivity contribution in [3.8, 4) is 11.5 Å². The van der Waals surface area contributed by atoms with E-state index in [0.717, 1.165) is 27.1 Å². The number of carbonyl (C=O) groups excluding carboxylic acids is 1. The minimum absolute atomic E-state index is 0.0583. The molecule has 0 fully saturated rings. The molecule has 1 aromatic heterocycles. The van der Waals surface area contributed by atoms with Crippen molar-refractivity contribution in [1.29, 1.82) is 0 Å². The van der Waals surface area contributed by atoms with Gasteiger partial charge in [0.15, 0.2) is 0 Å². The highest BCUT2D eigenvalue weighted by atomic mass is 32.1. The number of aromatic nitrogens is 1. The molecule has 0 saturated carbocycles. The van der Waals surface area contributed by atoms with E-state index in [2.05, 4.69) is 16.2 Å². The van der Waals surface area contributed by atoms with Crippen molar-refractivity contribution in [3.05, 3.63) is 83.4 Å². The van der Waals surface area contributed by atoms with Crippen LogP contribution in [0.5, 0.6) is 11.5 Å². The number of amides is 1. The number of thiazole rings is 1. The summed E-state index contributed by atoms with van der Waals surface area (Å²) in [4.78, 5) is 18.2. The average molecular weight is 474 g/mol. The molecule has 0 aliphatic heterocycles. The molecule has 34 heavy (non-hydrogen) atoms. The Bertz CT molecular complexity index is 1300. The molecule has 1 amide bonds. The van der Waals surface area contributed by atoms with Crippen LogP contribution in [-0.2, 0) is 0 Å². The van der Waals surface area contributed by atoms with Crippen molar-refractivity contribution in [2.75, 3.05) is 11.6 Å². The summed E-state index contributed by atoms with van der Waals surface area (Å²) in [5, 5.41) is 6.40. The fourth-order valence-corrected chi connectivity index (χ4v) is 4.33. The van der Waals surface area contributed by atoms with Gasteiger partial charge in [0.05, 0.1) is 29.1 Å². The molecule has 0 aliphatic rings. The fourth-order valence-electron chi connectivity index (χ4n) is 3.31. The predicted molar refractivity (Wildman–Crippen MR) is 139 cm³/mol. The second kappa shape index (κ2) is 10.5. The van der Waals surface area contributed by atoms with Gasteiger partial charge in [-0.05, 0) is 99.5 Å². The number of aryl methyl sites for hydroxylation is 1. The molecule has 0 bridgehead atoms. The van der Waals surface area contributed by atoms with E-state index in [-0.39, 0.29) is 12.0 Å². The minimum Gasteiger partial charge on any atom is -0.494 e. The zero-order valence-electron chi connectivity index (χ0n) is 19.7. The van der Waals surface area contributed by atoms with Crippen molar-refractivity contribution < 1.29 is 14.3 Å². The molecule has 0 N–H and O–H groups in total. The highest BCUT2D eigenvalue weighted by Gasteiger charge is 2.21. The summed E-state index contributed by atoms with van der Waals surface area (Å²) in [6.45, 7) is 8.51. The number of hydrogen-bond acceptors (Lipinski definition) is 6. The van der Waals surface area contributed by atoms with E-state index in [9.17, 15) is 4.79 Å². The highest BCUT2D eigenvalue weighted by molar-refractivity contribution is 7.22. The topological polar surface area (TPSA) is 64.0 Å². The summed E-state index contributed by atoms with van der Waals surface area (Å²) >= 11 is 1.43. The second-order valence-electron chi connectivity index (χ2n) is 8.02. The predicted octanol–water partition coefficient (Wildman–Crippen LogP) is 6.47. The number of ether oxygens (including phenoxy) is 2. The zero-order chi connectivity index (χ0) is 24.1. The number of fused-ring (bicyclic) bond motifs is 1. The first-order chi connectivity index (χ1) is 16.4. The van der Waals surface area contributed by atoms with Crippen LogP contribution in [0.3, 0.4) is 0 Å². The molecule has 1 heterocycles. The van der Waals surface area contributed by atoms with Crippen LogP contribution < -0.4 is 14.5 Å². The van der Waals surface area contributed by atoms with Gasteiger partial charge in [-0.15, -0.1) is 0 Å². The Kier molecular flexibility index (Phi) is 7.23. The van der Waals surface area contributed by atoms with E-state index < -0.39 is 0 Å². The van der Waals surface area contributed by atoms with Crippen LogP contribution in [0.4, 0.5) is 5.13 Å². The fraction of sp³-hybridized carbons (Fsp3) is 0.222. The third-order valence-electron chi connectivity index (χ3n) is 4.89. The lowest BCUT2D eigenvalue weighted by Gasteiger charge is -2.15. The van der Waals surface area contributed by atoms with Gasteiger partial charge in [-0.2, -0.15) is 10.1 Å². The molecule has 4 aromatic rings. The number of hydrazone groups is 1. The van der Waals surface area contributed by atoms with Crippen LogP contribution in [0.2, 0.25) is 0 Å². The normalized spacial score (nSPS) is 11.3. The van der Waals surface area contributed by atoms with Gasteiger partial charge in [0.25, 0.3) is 5.91 Å². The molecular weight excluding hydrogens is 446 g/mol. The van der Waals surface area contributed by atoms with Crippen LogP contribution in [0.15, 0.2) is 71.8 Å². The van der Waals surface area contributed by atoms with E-state index in [1.54, 1.807) is 30.5 Å². The van der Waals surface area contributed by atoms with Gasteiger partial charge in [-0.1, -0.05) is 17.4 Å². The molecule has 0 unspecified atom stereocenters. The molecule has 174 valence electrons. The molecule has 0 radical (unpaired) electrons. The monoisotopic (exact) mass is 473 g/mol. The maximum Gasteiger partial charge on any atom is 0.280 e. The first kappa shape index (κ1) is 23.4. The Morgan fingerprint density at radius 1 is 1.06 bits per heavy atom. The Hall–Kier alpha value is -3.71. The zero-order valence-corrected chi connectivity index (χ0v) is 20.5. The van der Waals surface area contributed by atoms with E-state index in [1.807, 2.05) is 64.1 Å². The van der Waals surface area contributed by atoms with E-state index >= 15 is 0 Å². The molecular formula is C27H27N3O3S. The van der Waals surface area contributed by atoms with Crippen molar-refractivity contribution in [2.24, 2.45) is 5.10 Å². The van der Waals surface area contributed by atoms with Gasteiger partial charge in [-0.25, -0.2) is 4.98 Å². The summed E-state index contributed by atoms with van der Waals surface area (Å²) in [6, 6.07) is 20.7. The van der Waals surface area contributed by atoms with E-state index in [4.69, 9.17) is 9.47 Å². The molecule has 0 spiro atoms. The molecule has 6 nitrogen and oxygen atoms in total. The Morgan fingerprint density at radius 2 is 1.76 bits per heavy atom. The number of anilines is 1. The highest BCUT2D eigenvalue weighted by Crippen LogP contribution is 2.31. The van der Waals surface area contributed by atoms with Crippen LogP contribution in [0, 0.1) is 6.92 Å². The first-order valence-electron chi connectivity index (χ1n) is 11.2. The van der Waals surface area contributed by atoms with Crippen molar-refractivity contribution in [2.45, 2.75) is 33.8 Å². The van der Waals surface area contributed by atoms with Gasteiger partial charge in [0, 0.05) is 5.56 Å². The van der Waals surface area contributed by atoms with Gasteiger partial charge >= 0.3 is 0 Å². The lowest BCUT2D eigenvalue weighted by molar-refractivity contribution is 0.0988. The number of nitrogens with zero attached hydrogens (tertiary/aromatic N) is 3. The van der Waals surface area contributed by atoms with Crippen molar-refractivity contribution >= 4 is 38.8 Å². The lowest BCUT2D eigenvalue weighted by atomic mass is 10.2. The molecule has 7 heteroatoms. The van der Waals surface area contributed by atoms with Crippen LogP contribution in [0.1, 0.15) is 42.3 Å². The van der Waals surface area contributed by atoms with Crippen molar-refractivity contribution in [1.82, 2.24) is 4.98 Å². The SMILES string of the molecule is CCOc1ccc(/C=N/N(C(=O)c2ccc(OC(C)C)cc2)c2nc3ccc(C)cc3s2)cc1. The summed E-state index contributed by atoms with van der Waals surface area (Å²) < 4.78 is 12.2. The molecule has 0 saturated heterocycles. The summed E-state index contributed by atoms with van der Waals surface area (Å²) in [7, 11) is 0. The Morgan fingerprint density at radius 3 is 2.44 bits per heavy atom. The van der Waals surface area contributed by atoms with Crippen molar-refractivity contribution in [3.63, 3.8) is 0 Å². The molecule has 4 rings (SSSR count). The first-order valence-corrected chi connectivity index (χ1v) is 12.0. The lowest BCUT2D eigenvalue weighted by Crippen LogP contribution is -2.25. The molecule has 0 aliphatic carbocycles. The third-order valence-corrected chi connectivity index (χ3v) is 5.89. The maximum absolute atomic E-state index is 13.5. The third kappa shape index (κ3) is 5.61.